The van der Waals surface area contributed by atoms with E-state index in [9.17, 15) is 4.39 Å². The van der Waals surface area contributed by atoms with Crippen LogP contribution in [0.5, 0.6) is 5.75 Å². The van der Waals surface area contributed by atoms with Crippen molar-refractivity contribution in [1.82, 2.24) is 0 Å². The van der Waals surface area contributed by atoms with Crippen molar-refractivity contribution in [1.29, 1.82) is 0 Å². The molecule has 1 aromatic rings. The van der Waals surface area contributed by atoms with Gasteiger partial charge in [-0.15, -0.1) is 0 Å². The Kier molecular flexibility index (Phi) is 3.59. The molecule has 1 aliphatic carbocycles. The molecule has 0 aromatic heterocycles. The van der Waals surface area contributed by atoms with Crippen molar-refractivity contribution in [3.8, 4) is 5.75 Å². The summed E-state index contributed by atoms with van der Waals surface area (Å²) in [6.07, 6.45) is 2.01. The largest absolute Gasteiger partial charge is 0.496 e. The quantitative estimate of drug-likeness (QED) is 0.903. The van der Waals surface area contributed by atoms with Gasteiger partial charge in [-0.1, -0.05) is 11.6 Å². The van der Waals surface area contributed by atoms with E-state index in [2.05, 4.69) is 0 Å². The van der Waals surface area contributed by atoms with E-state index in [1.165, 1.54) is 0 Å². The van der Waals surface area contributed by atoms with Crippen LogP contribution in [-0.4, -0.2) is 18.8 Å². The minimum absolute atomic E-state index is 0.0230. The van der Waals surface area contributed by atoms with E-state index >= 15 is 0 Å². The van der Waals surface area contributed by atoms with Gasteiger partial charge in [0.1, 0.15) is 11.4 Å². The fraction of sp³-hybridized carbons (Fsp3) is 0.538. The van der Waals surface area contributed by atoms with Gasteiger partial charge in [0.2, 0.25) is 0 Å². The highest BCUT2D eigenvalue weighted by Crippen LogP contribution is 2.38. The van der Waals surface area contributed by atoms with Crippen molar-refractivity contribution in [3.05, 3.63) is 28.8 Å². The zero-order valence-electron chi connectivity index (χ0n) is 9.88. The normalized spacial score (nSPS) is 28.4. The average Bonchev–Trinajstić information content (AvgIpc) is 2.59. The fourth-order valence-corrected chi connectivity index (χ4v) is 2.70. The number of methoxy groups -OCH3 is 1. The number of hydrogen-bond donors (Lipinski definition) is 1. The van der Waals surface area contributed by atoms with Crippen molar-refractivity contribution in [2.75, 3.05) is 7.11 Å². The lowest BCUT2D eigenvalue weighted by Gasteiger charge is -2.20. The summed E-state index contributed by atoms with van der Waals surface area (Å²) in [7, 11) is 1.58. The standard InChI is InChI=1S/C13H17ClFNO/c1-17-12-3-2-10(14)6-9(12)7-13(15)5-4-11(16)8-13/h2-3,6,11H,4-5,7-8,16H2,1H3. The number of nitrogens with two attached hydrogens (primary N) is 1. The molecular weight excluding hydrogens is 241 g/mol. The predicted molar refractivity (Wildman–Crippen MR) is 67.4 cm³/mol. The van der Waals surface area contributed by atoms with E-state index in [-0.39, 0.29) is 6.04 Å². The van der Waals surface area contributed by atoms with Crippen LogP contribution in [0.3, 0.4) is 0 Å². The molecule has 4 heteroatoms. The summed E-state index contributed by atoms with van der Waals surface area (Å²) in [4.78, 5) is 0. The van der Waals surface area contributed by atoms with Crippen molar-refractivity contribution in [2.45, 2.75) is 37.4 Å². The Morgan fingerprint density at radius 1 is 1.59 bits per heavy atom. The number of benzene rings is 1. The molecule has 0 heterocycles. The first kappa shape index (κ1) is 12.7. The Hall–Kier alpha value is -0.800. The summed E-state index contributed by atoms with van der Waals surface area (Å²) in [5.41, 5.74) is 5.37. The molecule has 2 N–H and O–H groups in total. The maximum absolute atomic E-state index is 14.5. The zero-order chi connectivity index (χ0) is 12.5. The predicted octanol–water partition coefficient (Wildman–Crippen LogP) is 3.11. The second-order valence-corrected chi connectivity index (χ2v) is 5.22. The fourth-order valence-electron chi connectivity index (χ4n) is 2.51. The van der Waals surface area contributed by atoms with E-state index in [1.807, 2.05) is 0 Å². The number of ether oxygens (including phenoxy) is 1. The summed E-state index contributed by atoms with van der Waals surface area (Å²) in [5, 5.41) is 0.603. The van der Waals surface area contributed by atoms with Crippen LogP contribution in [0.2, 0.25) is 5.02 Å². The zero-order valence-corrected chi connectivity index (χ0v) is 10.6. The monoisotopic (exact) mass is 257 g/mol. The summed E-state index contributed by atoms with van der Waals surface area (Å²) >= 11 is 5.93. The summed E-state index contributed by atoms with van der Waals surface area (Å²) < 4.78 is 19.7. The van der Waals surface area contributed by atoms with Crippen LogP contribution in [0.15, 0.2) is 18.2 Å². The third-order valence-electron chi connectivity index (χ3n) is 3.34. The molecule has 0 radical (unpaired) electrons. The van der Waals surface area contributed by atoms with Gasteiger partial charge in [-0.25, -0.2) is 4.39 Å². The topological polar surface area (TPSA) is 35.2 Å². The Balaban J connectivity index is 2.20. The van der Waals surface area contributed by atoms with Crippen LogP contribution in [0.25, 0.3) is 0 Å². The molecule has 17 heavy (non-hydrogen) atoms. The van der Waals surface area contributed by atoms with Gasteiger partial charge in [-0.05, 0) is 43.0 Å². The molecule has 0 amide bonds. The van der Waals surface area contributed by atoms with Gasteiger partial charge >= 0.3 is 0 Å². The van der Waals surface area contributed by atoms with Gasteiger partial charge in [0.15, 0.2) is 0 Å². The maximum Gasteiger partial charge on any atom is 0.122 e. The van der Waals surface area contributed by atoms with E-state index < -0.39 is 5.67 Å². The van der Waals surface area contributed by atoms with Crippen molar-refractivity contribution < 1.29 is 9.13 Å². The van der Waals surface area contributed by atoms with E-state index in [0.29, 0.717) is 30.0 Å². The number of halogens is 2. The Morgan fingerprint density at radius 3 is 2.94 bits per heavy atom. The third kappa shape index (κ3) is 2.90. The molecule has 0 aliphatic heterocycles. The highest BCUT2D eigenvalue weighted by atomic mass is 35.5. The second-order valence-electron chi connectivity index (χ2n) is 4.79. The van der Waals surface area contributed by atoms with Crippen LogP contribution in [0.4, 0.5) is 4.39 Å². The summed E-state index contributed by atoms with van der Waals surface area (Å²) in [6.45, 7) is 0. The van der Waals surface area contributed by atoms with E-state index in [0.717, 1.165) is 12.0 Å². The van der Waals surface area contributed by atoms with Crippen LogP contribution in [0.1, 0.15) is 24.8 Å². The molecule has 2 unspecified atom stereocenters. The van der Waals surface area contributed by atoms with Crippen molar-refractivity contribution in [2.24, 2.45) is 5.73 Å². The molecule has 2 rings (SSSR count). The smallest absolute Gasteiger partial charge is 0.122 e. The molecule has 0 saturated heterocycles. The van der Waals surface area contributed by atoms with Crippen LogP contribution < -0.4 is 10.5 Å². The molecule has 1 saturated carbocycles. The molecular formula is C13H17ClFNO. The van der Waals surface area contributed by atoms with Gasteiger partial charge in [-0.3, -0.25) is 0 Å². The molecule has 1 aromatic carbocycles. The van der Waals surface area contributed by atoms with Crippen molar-refractivity contribution in [3.63, 3.8) is 0 Å². The lowest BCUT2D eigenvalue weighted by molar-refractivity contribution is 0.169. The molecule has 2 atom stereocenters. The Morgan fingerprint density at radius 2 is 2.35 bits per heavy atom. The minimum atomic E-state index is -1.21. The minimum Gasteiger partial charge on any atom is -0.496 e. The first-order valence-electron chi connectivity index (χ1n) is 5.79. The van der Waals surface area contributed by atoms with E-state index in [1.54, 1.807) is 25.3 Å². The molecule has 2 nitrogen and oxygen atoms in total. The molecule has 0 bridgehead atoms. The summed E-state index contributed by atoms with van der Waals surface area (Å²) in [6, 6.07) is 5.27. The highest BCUT2D eigenvalue weighted by molar-refractivity contribution is 6.30. The second kappa shape index (κ2) is 4.83. The summed E-state index contributed by atoms with van der Waals surface area (Å²) in [5.74, 6) is 0.687. The van der Waals surface area contributed by atoms with Crippen molar-refractivity contribution >= 4 is 11.6 Å². The molecule has 1 aliphatic rings. The first-order chi connectivity index (χ1) is 8.02. The Bertz CT molecular complexity index is 412. The SMILES string of the molecule is COc1ccc(Cl)cc1CC1(F)CCC(N)C1. The lowest BCUT2D eigenvalue weighted by atomic mass is 9.94. The number of hydrogen-bond acceptors (Lipinski definition) is 2. The third-order valence-corrected chi connectivity index (χ3v) is 3.58. The van der Waals surface area contributed by atoms with E-state index in [4.69, 9.17) is 22.1 Å². The number of rotatable bonds is 3. The van der Waals surface area contributed by atoms with Gasteiger partial charge in [0.25, 0.3) is 0 Å². The lowest BCUT2D eigenvalue weighted by Crippen LogP contribution is -2.25. The first-order valence-corrected chi connectivity index (χ1v) is 6.17. The van der Waals surface area contributed by atoms with Crippen LogP contribution >= 0.6 is 11.6 Å². The highest BCUT2D eigenvalue weighted by Gasteiger charge is 2.38. The molecule has 94 valence electrons. The Labute approximate surface area is 106 Å². The van der Waals surface area contributed by atoms with Gasteiger partial charge < -0.3 is 10.5 Å². The van der Waals surface area contributed by atoms with Gasteiger partial charge in [-0.2, -0.15) is 0 Å². The van der Waals surface area contributed by atoms with Gasteiger partial charge in [0, 0.05) is 17.5 Å². The maximum atomic E-state index is 14.5. The van der Waals surface area contributed by atoms with Crippen LogP contribution in [-0.2, 0) is 6.42 Å². The average molecular weight is 258 g/mol. The van der Waals surface area contributed by atoms with Gasteiger partial charge in [0.05, 0.1) is 7.11 Å². The number of alkyl halides is 1. The molecule has 0 spiro atoms. The van der Waals surface area contributed by atoms with Crippen LogP contribution in [0, 0.1) is 0 Å². The molecule has 1 fully saturated rings.